The number of hydrogen-bond donors (Lipinski definition) is 1. The van der Waals surface area contributed by atoms with Gasteiger partial charge in [-0.05, 0) is 22.3 Å². The monoisotopic (exact) mass is 465 g/mol. The molecule has 2 aromatic rings. The summed E-state index contributed by atoms with van der Waals surface area (Å²) in [7, 11) is 1.33. The van der Waals surface area contributed by atoms with Crippen LogP contribution >= 0.6 is 22.6 Å². The van der Waals surface area contributed by atoms with Crippen LogP contribution in [0.5, 0.6) is 0 Å². The number of rotatable bonds is 6. The number of ether oxygens (including phenoxy) is 2. The number of hydrogen-bond acceptors (Lipinski definition) is 4. The molecule has 0 heterocycles. The Kier molecular flexibility index (Phi) is 6.13. The van der Waals surface area contributed by atoms with Crippen molar-refractivity contribution in [3.8, 4) is 11.1 Å². The Morgan fingerprint density at radius 3 is 2.19 bits per heavy atom. The van der Waals surface area contributed by atoms with Crippen LogP contribution < -0.4 is 5.32 Å². The zero-order valence-electron chi connectivity index (χ0n) is 14.4. The second-order valence-corrected chi connectivity index (χ2v) is 6.98. The van der Waals surface area contributed by atoms with Gasteiger partial charge < -0.3 is 14.8 Å². The van der Waals surface area contributed by atoms with Crippen LogP contribution in [-0.4, -0.2) is 36.2 Å². The number of amides is 1. The number of alkyl carbamates (subject to hydrolysis) is 1. The van der Waals surface area contributed by atoms with Crippen LogP contribution in [0.4, 0.5) is 4.79 Å². The molecule has 0 spiro atoms. The molecule has 0 saturated heterocycles. The van der Waals surface area contributed by atoms with Gasteiger partial charge in [-0.25, -0.2) is 4.79 Å². The molecule has 0 fully saturated rings. The van der Waals surface area contributed by atoms with Gasteiger partial charge in [0.1, 0.15) is 6.61 Å². The molecule has 0 bridgehead atoms. The zero-order chi connectivity index (χ0) is 18.5. The van der Waals surface area contributed by atoms with Crippen molar-refractivity contribution < 1.29 is 19.1 Å². The van der Waals surface area contributed by atoms with Gasteiger partial charge in [-0.15, -0.1) is 0 Å². The first kappa shape index (κ1) is 18.7. The summed E-state index contributed by atoms with van der Waals surface area (Å²) in [6.45, 7) is 0.256. The minimum absolute atomic E-state index is 0.0202. The van der Waals surface area contributed by atoms with Gasteiger partial charge in [0.05, 0.1) is 19.6 Å². The van der Waals surface area contributed by atoms with Crippen LogP contribution in [0.25, 0.3) is 11.1 Å². The standard InChI is InChI=1S/C20H20INO4/c1-25-19(23)10-13(11-21)22-20(24)26-12-18-16-8-4-2-6-14(16)15-7-3-5-9-17(15)18/h2-9,13,18H,10-12H2,1H3,(H,22,24). The van der Waals surface area contributed by atoms with E-state index < -0.39 is 6.09 Å². The third kappa shape index (κ3) is 4.00. The molecular weight excluding hydrogens is 445 g/mol. The van der Waals surface area contributed by atoms with Crippen LogP contribution in [0, 0.1) is 0 Å². The number of fused-ring (bicyclic) bond motifs is 3. The molecule has 1 aliphatic rings. The van der Waals surface area contributed by atoms with Crippen LogP contribution in [-0.2, 0) is 14.3 Å². The molecule has 1 aliphatic carbocycles. The van der Waals surface area contributed by atoms with Gasteiger partial charge in [-0.3, -0.25) is 4.79 Å². The van der Waals surface area contributed by atoms with Crippen LogP contribution in [0.15, 0.2) is 48.5 Å². The summed E-state index contributed by atoms with van der Waals surface area (Å²) >= 11 is 2.12. The highest BCUT2D eigenvalue weighted by Crippen LogP contribution is 2.44. The highest BCUT2D eigenvalue weighted by Gasteiger charge is 2.29. The van der Waals surface area contributed by atoms with E-state index >= 15 is 0 Å². The topological polar surface area (TPSA) is 64.6 Å². The maximum atomic E-state index is 12.2. The molecular formula is C20H20INO4. The van der Waals surface area contributed by atoms with Crippen LogP contribution in [0.2, 0.25) is 0 Å². The van der Waals surface area contributed by atoms with E-state index in [4.69, 9.17) is 4.74 Å². The molecule has 1 amide bonds. The summed E-state index contributed by atoms with van der Waals surface area (Å²) < 4.78 is 10.7. The predicted molar refractivity (Wildman–Crippen MR) is 108 cm³/mol. The van der Waals surface area contributed by atoms with E-state index in [1.165, 1.54) is 29.4 Å². The first-order valence-electron chi connectivity index (χ1n) is 8.38. The fourth-order valence-corrected chi connectivity index (χ4v) is 3.77. The van der Waals surface area contributed by atoms with Gasteiger partial charge in [-0.1, -0.05) is 71.1 Å². The van der Waals surface area contributed by atoms with Gasteiger partial charge in [0.2, 0.25) is 0 Å². The number of carbonyl (C=O) groups is 2. The number of nitrogens with one attached hydrogen (secondary N) is 1. The van der Waals surface area contributed by atoms with Crippen LogP contribution in [0.3, 0.4) is 0 Å². The number of alkyl halides is 1. The van der Waals surface area contributed by atoms with Crippen molar-refractivity contribution >= 4 is 34.7 Å². The lowest BCUT2D eigenvalue weighted by Crippen LogP contribution is -2.38. The Labute approximate surface area is 166 Å². The van der Waals surface area contributed by atoms with Crippen molar-refractivity contribution in [2.24, 2.45) is 0 Å². The smallest absolute Gasteiger partial charge is 0.407 e. The van der Waals surface area contributed by atoms with Gasteiger partial charge in [0.25, 0.3) is 0 Å². The average molecular weight is 465 g/mol. The molecule has 2 aromatic carbocycles. The summed E-state index contributed by atoms with van der Waals surface area (Å²) in [6, 6.07) is 16.1. The van der Waals surface area contributed by atoms with Gasteiger partial charge in [0, 0.05) is 10.3 Å². The molecule has 5 nitrogen and oxygen atoms in total. The maximum Gasteiger partial charge on any atom is 0.407 e. The molecule has 0 aliphatic heterocycles. The summed E-state index contributed by atoms with van der Waals surface area (Å²) in [5, 5.41) is 2.73. The Morgan fingerprint density at radius 1 is 1.08 bits per heavy atom. The SMILES string of the molecule is COC(=O)CC(CI)NC(=O)OCC1c2ccccc2-c2ccccc21. The Bertz CT molecular complexity index is 762. The number of halogens is 1. The fourth-order valence-electron chi connectivity index (χ4n) is 3.24. The quantitative estimate of drug-likeness (QED) is 0.400. The minimum atomic E-state index is -0.516. The Morgan fingerprint density at radius 2 is 1.65 bits per heavy atom. The third-order valence-electron chi connectivity index (χ3n) is 4.49. The second kappa shape index (κ2) is 8.53. The van der Waals surface area contributed by atoms with Crippen molar-refractivity contribution in [3.05, 3.63) is 59.7 Å². The summed E-state index contributed by atoms with van der Waals surface area (Å²) in [5.74, 6) is -0.336. The molecule has 1 N–H and O–H groups in total. The highest BCUT2D eigenvalue weighted by atomic mass is 127. The molecule has 0 aromatic heterocycles. The Hall–Kier alpha value is -2.09. The molecule has 1 atom stereocenters. The maximum absolute atomic E-state index is 12.2. The second-order valence-electron chi connectivity index (χ2n) is 6.10. The van der Waals surface area contributed by atoms with Crippen LogP contribution in [0.1, 0.15) is 23.5 Å². The third-order valence-corrected chi connectivity index (χ3v) is 5.56. The summed E-state index contributed by atoms with van der Waals surface area (Å²) in [4.78, 5) is 23.6. The van der Waals surface area contributed by atoms with Gasteiger partial charge >= 0.3 is 12.1 Å². The highest BCUT2D eigenvalue weighted by molar-refractivity contribution is 14.1. The van der Waals surface area contributed by atoms with Crippen molar-refractivity contribution in [2.75, 3.05) is 18.1 Å². The van der Waals surface area contributed by atoms with Crippen molar-refractivity contribution in [2.45, 2.75) is 18.4 Å². The van der Waals surface area contributed by atoms with E-state index in [2.05, 4.69) is 56.9 Å². The molecule has 3 rings (SSSR count). The average Bonchev–Trinajstić information content (AvgIpc) is 2.99. The van der Waals surface area contributed by atoms with Gasteiger partial charge in [0.15, 0.2) is 0 Å². The molecule has 1 unspecified atom stereocenters. The van der Waals surface area contributed by atoms with E-state index in [-0.39, 0.29) is 31.0 Å². The zero-order valence-corrected chi connectivity index (χ0v) is 16.6. The molecule has 0 saturated carbocycles. The number of methoxy groups -OCH3 is 1. The first-order valence-corrected chi connectivity index (χ1v) is 9.91. The van der Waals surface area contributed by atoms with Gasteiger partial charge in [-0.2, -0.15) is 0 Å². The lowest BCUT2D eigenvalue weighted by Gasteiger charge is -2.17. The normalized spacial score (nSPS) is 13.5. The lowest BCUT2D eigenvalue weighted by atomic mass is 9.98. The molecule has 6 heteroatoms. The van der Waals surface area contributed by atoms with Crippen molar-refractivity contribution in [1.29, 1.82) is 0 Å². The molecule has 26 heavy (non-hydrogen) atoms. The minimum Gasteiger partial charge on any atom is -0.469 e. The summed E-state index contributed by atoms with van der Waals surface area (Å²) in [5.41, 5.74) is 4.71. The van der Waals surface area contributed by atoms with Crippen molar-refractivity contribution in [3.63, 3.8) is 0 Å². The predicted octanol–water partition coefficient (Wildman–Crippen LogP) is 3.89. The largest absolute Gasteiger partial charge is 0.469 e. The Balaban J connectivity index is 1.66. The number of esters is 1. The van der Waals surface area contributed by atoms with E-state index in [1.807, 2.05) is 24.3 Å². The van der Waals surface area contributed by atoms with E-state index in [1.54, 1.807) is 0 Å². The lowest BCUT2D eigenvalue weighted by molar-refractivity contribution is -0.140. The number of benzene rings is 2. The molecule has 136 valence electrons. The summed E-state index contributed by atoms with van der Waals surface area (Å²) in [6.07, 6.45) is -0.388. The van der Waals surface area contributed by atoms with Crippen molar-refractivity contribution in [1.82, 2.24) is 5.32 Å². The van der Waals surface area contributed by atoms with E-state index in [9.17, 15) is 9.59 Å². The fraction of sp³-hybridized carbons (Fsp3) is 0.300. The van der Waals surface area contributed by atoms with E-state index in [0.29, 0.717) is 4.43 Å². The first-order chi connectivity index (χ1) is 12.6. The molecule has 0 radical (unpaired) electrons. The van der Waals surface area contributed by atoms with E-state index in [0.717, 1.165) is 0 Å². The number of carbonyl (C=O) groups excluding carboxylic acids is 2.